The van der Waals surface area contributed by atoms with Gasteiger partial charge in [-0.2, -0.15) is 0 Å². The topological polar surface area (TPSA) is 37.8 Å². The van der Waals surface area contributed by atoms with Crippen LogP contribution in [-0.4, -0.2) is 9.97 Å². The van der Waals surface area contributed by atoms with Gasteiger partial charge in [0.1, 0.15) is 12.1 Å². The van der Waals surface area contributed by atoms with Crippen LogP contribution in [0.3, 0.4) is 0 Å². The van der Waals surface area contributed by atoms with Crippen molar-refractivity contribution in [1.82, 2.24) is 9.97 Å². The summed E-state index contributed by atoms with van der Waals surface area (Å²) in [4.78, 5) is 8.13. The average Bonchev–Trinajstić information content (AvgIpc) is 2.03. The number of rotatable bonds is 3. The van der Waals surface area contributed by atoms with Gasteiger partial charge in [-0.3, -0.25) is 0 Å². The highest BCUT2D eigenvalue weighted by molar-refractivity contribution is 5.39. The molecule has 0 aliphatic rings. The summed E-state index contributed by atoms with van der Waals surface area (Å²) in [5.74, 6) is 0.814. The molecule has 64 valence electrons. The molecule has 1 heterocycles. The SMILES string of the molecule is C=C(C)Nc1cc(CC)ncn1. The van der Waals surface area contributed by atoms with E-state index in [0.29, 0.717) is 0 Å². The number of anilines is 1. The third kappa shape index (κ3) is 2.34. The fraction of sp³-hybridized carbons (Fsp3) is 0.333. The first-order valence-electron chi connectivity index (χ1n) is 3.96. The lowest BCUT2D eigenvalue weighted by atomic mass is 10.3. The van der Waals surface area contributed by atoms with E-state index in [4.69, 9.17) is 0 Å². The van der Waals surface area contributed by atoms with Crippen molar-refractivity contribution >= 4 is 5.82 Å². The van der Waals surface area contributed by atoms with Gasteiger partial charge in [-0.15, -0.1) is 0 Å². The summed E-state index contributed by atoms with van der Waals surface area (Å²) < 4.78 is 0. The molecule has 0 saturated carbocycles. The van der Waals surface area contributed by atoms with E-state index in [0.717, 1.165) is 23.6 Å². The van der Waals surface area contributed by atoms with E-state index in [2.05, 4.69) is 28.8 Å². The van der Waals surface area contributed by atoms with Gasteiger partial charge >= 0.3 is 0 Å². The minimum absolute atomic E-state index is 0.814. The van der Waals surface area contributed by atoms with Crippen molar-refractivity contribution < 1.29 is 0 Å². The predicted octanol–water partition coefficient (Wildman–Crippen LogP) is 1.98. The summed E-state index contributed by atoms with van der Waals surface area (Å²) in [6.45, 7) is 7.69. The van der Waals surface area contributed by atoms with Gasteiger partial charge in [0, 0.05) is 17.5 Å². The Bertz CT molecular complexity index is 281. The van der Waals surface area contributed by atoms with Crippen LogP contribution in [0.2, 0.25) is 0 Å². The zero-order valence-electron chi connectivity index (χ0n) is 7.46. The van der Waals surface area contributed by atoms with Crippen molar-refractivity contribution in [2.45, 2.75) is 20.3 Å². The lowest BCUT2D eigenvalue weighted by molar-refractivity contribution is 0.998. The summed E-state index contributed by atoms with van der Waals surface area (Å²) >= 11 is 0. The molecule has 0 saturated heterocycles. The molecule has 0 aromatic carbocycles. The molecule has 0 amide bonds. The van der Waals surface area contributed by atoms with E-state index in [9.17, 15) is 0 Å². The molecular formula is C9H13N3. The van der Waals surface area contributed by atoms with Gasteiger partial charge in [-0.05, 0) is 13.3 Å². The van der Waals surface area contributed by atoms with Crippen LogP contribution in [0.1, 0.15) is 19.5 Å². The number of nitrogens with zero attached hydrogens (tertiary/aromatic N) is 2. The highest BCUT2D eigenvalue weighted by Crippen LogP contribution is 2.05. The Labute approximate surface area is 72.6 Å². The Morgan fingerprint density at radius 1 is 1.58 bits per heavy atom. The van der Waals surface area contributed by atoms with Crippen LogP contribution in [0.4, 0.5) is 5.82 Å². The summed E-state index contributed by atoms with van der Waals surface area (Å²) in [6.07, 6.45) is 2.48. The molecule has 1 aromatic heterocycles. The molecule has 12 heavy (non-hydrogen) atoms. The molecule has 0 aliphatic carbocycles. The quantitative estimate of drug-likeness (QED) is 0.740. The first-order valence-corrected chi connectivity index (χ1v) is 3.96. The zero-order valence-corrected chi connectivity index (χ0v) is 7.46. The number of hydrogen-bond acceptors (Lipinski definition) is 3. The standard InChI is InChI=1S/C9H13N3/c1-4-8-5-9(11-6-10-8)12-7(2)3/h5-6H,2,4H2,1,3H3,(H,10,11,12). The van der Waals surface area contributed by atoms with E-state index in [1.807, 2.05) is 13.0 Å². The Morgan fingerprint density at radius 3 is 2.92 bits per heavy atom. The van der Waals surface area contributed by atoms with Gasteiger partial charge in [-0.25, -0.2) is 9.97 Å². The first-order chi connectivity index (χ1) is 5.72. The average molecular weight is 163 g/mol. The molecule has 0 radical (unpaired) electrons. The predicted molar refractivity (Wildman–Crippen MR) is 49.8 cm³/mol. The summed E-state index contributed by atoms with van der Waals surface area (Å²) in [5.41, 5.74) is 1.92. The second-order valence-corrected chi connectivity index (χ2v) is 2.65. The van der Waals surface area contributed by atoms with Crippen molar-refractivity contribution in [3.8, 4) is 0 Å². The van der Waals surface area contributed by atoms with E-state index in [-0.39, 0.29) is 0 Å². The van der Waals surface area contributed by atoms with Crippen LogP contribution < -0.4 is 5.32 Å². The van der Waals surface area contributed by atoms with Crippen molar-refractivity contribution in [1.29, 1.82) is 0 Å². The summed E-state index contributed by atoms with van der Waals surface area (Å²) in [6, 6.07) is 1.93. The molecule has 0 bridgehead atoms. The van der Waals surface area contributed by atoms with Crippen LogP contribution in [0.5, 0.6) is 0 Å². The monoisotopic (exact) mass is 163 g/mol. The second-order valence-electron chi connectivity index (χ2n) is 2.65. The van der Waals surface area contributed by atoms with Gasteiger partial charge in [0.15, 0.2) is 0 Å². The van der Waals surface area contributed by atoms with Gasteiger partial charge in [0.2, 0.25) is 0 Å². The van der Waals surface area contributed by atoms with Crippen LogP contribution in [0.25, 0.3) is 0 Å². The molecule has 1 aromatic rings. The molecule has 3 nitrogen and oxygen atoms in total. The largest absolute Gasteiger partial charge is 0.345 e. The van der Waals surface area contributed by atoms with Gasteiger partial charge < -0.3 is 5.32 Å². The Kier molecular flexibility index (Phi) is 2.80. The van der Waals surface area contributed by atoms with Crippen LogP contribution in [-0.2, 0) is 6.42 Å². The number of aryl methyl sites for hydroxylation is 1. The third-order valence-corrected chi connectivity index (χ3v) is 1.43. The van der Waals surface area contributed by atoms with E-state index >= 15 is 0 Å². The Hall–Kier alpha value is -1.38. The molecule has 3 heteroatoms. The van der Waals surface area contributed by atoms with Crippen molar-refractivity contribution in [3.63, 3.8) is 0 Å². The highest BCUT2D eigenvalue weighted by atomic mass is 15.0. The molecule has 1 N–H and O–H groups in total. The highest BCUT2D eigenvalue weighted by Gasteiger charge is 1.95. The van der Waals surface area contributed by atoms with Crippen LogP contribution in [0, 0.1) is 0 Å². The summed E-state index contributed by atoms with van der Waals surface area (Å²) in [5, 5.41) is 3.03. The van der Waals surface area contributed by atoms with Crippen molar-refractivity contribution in [2.24, 2.45) is 0 Å². The van der Waals surface area contributed by atoms with Crippen molar-refractivity contribution in [3.05, 3.63) is 30.4 Å². The van der Waals surface area contributed by atoms with Gasteiger partial charge in [0.05, 0.1) is 0 Å². The van der Waals surface area contributed by atoms with Gasteiger partial charge in [-0.1, -0.05) is 13.5 Å². The smallest absolute Gasteiger partial charge is 0.133 e. The Morgan fingerprint density at radius 2 is 2.33 bits per heavy atom. The second kappa shape index (κ2) is 3.85. The minimum Gasteiger partial charge on any atom is -0.345 e. The molecular weight excluding hydrogens is 150 g/mol. The van der Waals surface area contributed by atoms with E-state index < -0.39 is 0 Å². The zero-order chi connectivity index (χ0) is 8.97. The number of aromatic nitrogens is 2. The molecule has 0 spiro atoms. The maximum atomic E-state index is 4.08. The van der Waals surface area contributed by atoms with E-state index in [1.54, 1.807) is 6.33 Å². The third-order valence-electron chi connectivity index (χ3n) is 1.43. The lowest BCUT2D eigenvalue weighted by Crippen LogP contribution is -1.98. The van der Waals surface area contributed by atoms with Crippen LogP contribution >= 0.6 is 0 Å². The number of nitrogens with one attached hydrogen (secondary N) is 1. The maximum absolute atomic E-state index is 4.08. The Balaban J connectivity index is 2.79. The molecule has 0 atom stereocenters. The molecule has 1 rings (SSSR count). The molecule has 0 unspecified atom stereocenters. The van der Waals surface area contributed by atoms with Crippen LogP contribution in [0.15, 0.2) is 24.7 Å². The maximum Gasteiger partial charge on any atom is 0.133 e. The molecule has 0 fully saturated rings. The lowest BCUT2D eigenvalue weighted by Gasteiger charge is -2.03. The first kappa shape index (κ1) is 8.71. The number of allylic oxidation sites excluding steroid dienone is 1. The summed E-state index contributed by atoms with van der Waals surface area (Å²) in [7, 11) is 0. The van der Waals surface area contributed by atoms with Crippen molar-refractivity contribution in [2.75, 3.05) is 5.32 Å². The van der Waals surface area contributed by atoms with E-state index in [1.165, 1.54) is 0 Å². The van der Waals surface area contributed by atoms with Gasteiger partial charge in [0.25, 0.3) is 0 Å². The fourth-order valence-electron chi connectivity index (χ4n) is 0.878. The molecule has 0 aliphatic heterocycles. The normalized spacial score (nSPS) is 9.50. The number of hydrogen-bond donors (Lipinski definition) is 1. The minimum atomic E-state index is 0.814. The fourth-order valence-corrected chi connectivity index (χ4v) is 0.878.